The van der Waals surface area contributed by atoms with Crippen LogP contribution >= 0.6 is 0 Å². The zero-order chi connectivity index (χ0) is 62.7. The number of imide groups is 3. The fourth-order valence-corrected chi connectivity index (χ4v) is 6.51. The Morgan fingerprint density at radius 3 is 1.01 bits per heavy atom. The molecule has 0 aromatic rings. The molecule has 0 bridgehead atoms. The van der Waals surface area contributed by atoms with Crippen LogP contribution in [0.15, 0.2) is 36.5 Å². The molecule has 3 rings (SSSR count). The van der Waals surface area contributed by atoms with Crippen molar-refractivity contribution in [2.75, 3.05) is 186 Å². The topological polar surface area (TPSA) is 388 Å². The molecule has 0 aromatic carbocycles. The summed E-state index contributed by atoms with van der Waals surface area (Å²) in [4.78, 5) is 142. The highest BCUT2D eigenvalue weighted by Crippen LogP contribution is 2.07. The molecule has 32 nitrogen and oxygen atoms in total. The summed E-state index contributed by atoms with van der Waals surface area (Å²) >= 11 is 0. The fourth-order valence-electron chi connectivity index (χ4n) is 6.51. The second-order valence-corrected chi connectivity index (χ2v) is 17.6. The molecular formula is C53H85N9O23. The minimum absolute atomic E-state index is 0.0240. The first-order chi connectivity index (χ1) is 41.1. The third-order valence-electron chi connectivity index (χ3n) is 11.0. The lowest BCUT2D eigenvalue weighted by Gasteiger charge is -2.18. The summed E-state index contributed by atoms with van der Waals surface area (Å²) < 4.78 is 56.3. The average Bonchev–Trinajstić information content (AvgIpc) is 4.34. The van der Waals surface area contributed by atoms with Crippen LogP contribution in [0.1, 0.15) is 38.5 Å². The van der Waals surface area contributed by atoms with Crippen molar-refractivity contribution < 1.29 is 110 Å². The van der Waals surface area contributed by atoms with Crippen LogP contribution in [0.25, 0.3) is 0 Å². The van der Waals surface area contributed by atoms with E-state index < -0.39 is 30.1 Å². The number of carbonyl (C=O) groups excluding carboxylic acids is 12. The van der Waals surface area contributed by atoms with E-state index >= 15 is 0 Å². The number of carbonyl (C=O) groups is 12. The molecule has 480 valence electrons. The smallest absolute Gasteiger partial charge is 0.407 e. The van der Waals surface area contributed by atoms with Gasteiger partial charge < -0.3 is 84.0 Å². The first-order valence-corrected chi connectivity index (χ1v) is 27.4. The molecule has 6 N–H and O–H groups in total. The Kier molecular flexibility index (Phi) is 44.6. The number of nitrogens with one attached hydrogen (secondary N) is 6. The number of rotatable bonds is 46. The summed E-state index contributed by atoms with van der Waals surface area (Å²) in [5.41, 5.74) is 0. The van der Waals surface area contributed by atoms with Crippen molar-refractivity contribution >= 4 is 71.3 Å². The van der Waals surface area contributed by atoms with E-state index in [0.29, 0.717) is 92.0 Å². The fraction of sp³-hybridized carbons (Fsp3) is 0.660. The van der Waals surface area contributed by atoms with E-state index in [2.05, 4.69) is 31.9 Å². The second-order valence-electron chi connectivity index (χ2n) is 17.6. The molecule has 3 aliphatic heterocycles. The average molecular weight is 1220 g/mol. The van der Waals surface area contributed by atoms with Crippen LogP contribution in [0, 0.1) is 0 Å². The van der Waals surface area contributed by atoms with Crippen molar-refractivity contribution in [1.29, 1.82) is 0 Å². The third kappa shape index (κ3) is 39.8. The minimum Gasteiger partial charge on any atom is -0.447 e. The highest BCUT2D eigenvalue weighted by atomic mass is 16.6. The van der Waals surface area contributed by atoms with Crippen molar-refractivity contribution in [3.8, 4) is 0 Å². The van der Waals surface area contributed by atoms with Gasteiger partial charge in [0.2, 0.25) is 23.6 Å². The van der Waals surface area contributed by atoms with Crippen LogP contribution in [0.3, 0.4) is 0 Å². The molecule has 0 spiro atoms. The predicted octanol–water partition coefficient (Wildman–Crippen LogP) is -2.97. The molecule has 3 heterocycles. The number of nitrogens with zero attached hydrogens (tertiary/aromatic N) is 3. The zero-order valence-corrected chi connectivity index (χ0v) is 49.0. The van der Waals surface area contributed by atoms with E-state index in [1.165, 1.54) is 24.3 Å². The van der Waals surface area contributed by atoms with Crippen molar-refractivity contribution in [3.63, 3.8) is 0 Å². The van der Waals surface area contributed by atoms with Gasteiger partial charge in [0.1, 0.15) is 19.3 Å². The minimum atomic E-state index is -0.799. The molecule has 12 amide bonds. The third-order valence-corrected chi connectivity index (χ3v) is 11.0. The van der Waals surface area contributed by atoms with Crippen LogP contribution in [0.2, 0.25) is 0 Å². The van der Waals surface area contributed by atoms with Gasteiger partial charge in [-0.05, 0) is 12.8 Å². The molecule has 3 aliphatic rings. The Hall–Kier alpha value is -7.30. The number of hydrogen-bond acceptors (Lipinski definition) is 23. The van der Waals surface area contributed by atoms with Crippen molar-refractivity contribution in [3.05, 3.63) is 36.5 Å². The van der Waals surface area contributed by atoms with Gasteiger partial charge in [-0.3, -0.25) is 62.6 Å². The lowest BCUT2D eigenvalue weighted by molar-refractivity contribution is -0.139. The van der Waals surface area contributed by atoms with Crippen LogP contribution in [-0.4, -0.2) is 279 Å². The molecule has 32 heteroatoms. The predicted molar refractivity (Wildman–Crippen MR) is 297 cm³/mol. The molecular weight excluding hydrogens is 1130 g/mol. The maximum atomic E-state index is 12.1. The number of amides is 12. The van der Waals surface area contributed by atoms with Gasteiger partial charge in [-0.2, -0.15) is 0 Å². The summed E-state index contributed by atoms with van der Waals surface area (Å²) in [6.07, 6.45) is 6.19. The molecule has 0 radical (unpaired) electrons. The first kappa shape index (κ1) is 75.7. The highest BCUT2D eigenvalue weighted by Gasteiger charge is 2.26. The lowest BCUT2D eigenvalue weighted by atomic mass is 10.3. The molecule has 0 fully saturated rings. The Morgan fingerprint density at radius 1 is 0.353 bits per heavy atom. The van der Waals surface area contributed by atoms with E-state index in [9.17, 15) is 57.5 Å². The standard InChI is InChI=1S/C28H47N5O13.C13H20N2O5.C12H18N2O5/c1-40-16-18-42-14-10-31-27(38)45-20-22(21-46-28(39)32-11-15-43-19-17-41-2)44-13-3-4-23(34)29-8-9-30-24(35)7-12-33-25(36)5-6-26(33)37;1-19-9-10-20-8-2-6-14-11(16)5-7-15-12(17)3-4-13(15)18;1-18-8-9-19-7-5-13-10(15)4-6-14-11(16)2-3-12(14)17/h5-6,22H,3-4,7-21H2,1-2H3,(H,29,34)(H,30,35)(H,31,38)(H,32,39);3-4H,2,5-10H2,1H3,(H,14,16);2-3H,4-9H2,1H3,(H,13,15). The molecule has 0 atom stereocenters. The summed E-state index contributed by atoms with van der Waals surface area (Å²) in [7, 11) is 6.30. The van der Waals surface area contributed by atoms with Gasteiger partial charge >= 0.3 is 12.2 Å². The van der Waals surface area contributed by atoms with Gasteiger partial charge in [-0.15, -0.1) is 0 Å². The van der Waals surface area contributed by atoms with Crippen LogP contribution < -0.4 is 31.9 Å². The Labute approximate surface area is 493 Å². The van der Waals surface area contributed by atoms with Crippen LogP contribution in [-0.2, 0) is 100 Å². The SMILES string of the molecule is COCCOCCCNC(=O)CCN1C(=O)C=CC1=O.COCCOCCNC(=O)CCN1C(=O)C=CC1=O.COCCOCCNC(=O)OCC(COC(=O)NCCOCCOC)OCCCC(=O)NCCNC(=O)CCN1C(=O)C=CC1=O. The molecule has 0 unspecified atom stereocenters. The van der Waals surface area contributed by atoms with E-state index in [1.54, 1.807) is 28.4 Å². The Morgan fingerprint density at radius 2 is 0.659 bits per heavy atom. The van der Waals surface area contributed by atoms with Crippen molar-refractivity contribution in [2.24, 2.45) is 0 Å². The van der Waals surface area contributed by atoms with Gasteiger partial charge in [0.25, 0.3) is 35.4 Å². The lowest BCUT2D eigenvalue weighted by Crippen LogP contribution is -2.37. The number of ether oxygens (including phenoxy) is 11. The van der Waals surface area contributed by atoms with E-state index in [-0.39, 0.29) is 152 Å². The summed E-state index contributed by atoms with van der Waals surface area (Å²) in [6, 6.07) is 0. The number of hydrogen-bond donors (Lipinski definition) is 6. The second kappa shape index (κ2) is 50.1. The van der Waals surface area contributed by atoms with Gasteiger partial charge in [-0.25, -0.2) is 9.59 Å². The molecule has 0 aromatic heterocycles. The Balaban J connectivity index is 0.000000754. The quantitative estimate of drug-likeness (QED) is 0.0262. The van der Waals surface area contributed by atoms with Gasteiger partial charge in [0, 0.05) is 163 Å². The molecule has 0 saturated heterocycles. The van der Waals surface area contributed by atoms with Crippen LogP contribution in [0.5, 0.6) is 0 Å². The maximum absolute atomic E-state index is 12.1. The summed E-state index contributed by atoms with van der Waals surface area (Å²) in [6.45, 7) is 6.77. The van der Waals surface area contributed by atoms with Gasteiger partial charge in [0.15, 0.2) is 0 Å². The Bertz CT molecular complexity index is 2060. The maximum Gasteiger partial charge on any atom is 0.407 e. The van der Waals surface area contributed by atoms with Crippen molar-refractivity contribution in [2.45, 2.75) is 44.6 Å². The monoisotopic (exact) mass is 1220 g/mol. The first-order valence-electron chi connectivity index (χ1n) is 27.4. The number of methoxy groups -OCH3 is 4. The van der Waals surface area contributed by atoms with E-state index in [0.717, 1.165) is 26.9 Å². The number of alkyl carbamates (subject to hydrolysis) is 2. The molecule has 0 aliphatic carbocycles. The summed E-state index contributed by atoms with van der Waals surface area (Å²) in [5, 5.41) is 15.7. The van der Waals surface area contributed by atoms with Gasteiger partial charge in [-0.1, -0.05) is 0 Å². The van der Waals surface area contributed by atoms with Crippen LogP contribution in [0.4, 0.5) is 9.59 Å². The van der Waals surface area contributed by atoms with E-state index in [1.807, 2.05) is 0 Å². The summed E-state index contributed by atoms with van der Waals surface area (Å²) in [5.74, 6) is -3.44. The highest BCUT2D eigenvalue weighted by molar-refractivity contribution is 6.14. The van der Waals surface area contributed by atoms with Gasteiger partial charge in [0.05, 0.1) is 72.7 Å². The molecule has 0 saturated carbocycles. The van der Waals surface area contributed by atoms with E-state index in [4.69, 9.17) is 52.1 Å². The normalized spacial score (nSPS) is 13.2. The molecule has 85 heavy (non-hydrogen) atoms. The largest absolute Gasteiger partial charge is 0.447 e. The van der Waals surface area contributed by atoms with Crippen molar-refractivity contribution in [1.82, 2.24) is 46.6 Å². The zero-order valence-electron chi connectivity index (χ0n) is 49.0.